The number of rotatable bonds is 6. The Morgan fingerprint density at radius 3 is 2.50 bits per heavy atom. The van der Waals surface area contributed by atoms with Gasteiger partial charge in [-0.15, -0.1) is 0 Å². The van der Waals surface area contributed by atoms with Crippen LogP contribution in [0.3, 0.4) is 0 Å². The summed E-state index contributed by atoms with van der Waals surface area (Å²) in [5.41, 5.74) is 3.64. The molecule has 2 atom stereocenters. The van der Waals surface area contributed by atoms with Crippen LogP contribution in [0.25, 0.3) is 0 Å². The molecule has 3 aliphatic rings. The first-order valence-electron chi connectivity index (χ1n) is 11.8. The van der Waals surface area contributed by atoms with Gasteiger partial charge in [0.15, 0.2) is 0 Å². The molecule has 0 saturated carbocycles. The quantitative estimate of drug-likeness (QED) is 0.508. The molecule has 176 valence electrons. The number of amides is 3. The maximum absolute atomic E-state index is 13.1. The van der Waals surface area contributed by atoms with Crippen LogP contribution < -0.4 is 10.1 Å². The summed E-state index contributed by atoms with van der Waals surface area (Å²) in [4.78, 5) is 41.2. The van der Waals surface area contributed by atoms with E-state index in [4.69, 9.17) is 9.47 Å². The standard InChI is InChI=1S/C25H28BN3O5/c26-20-12-21(24(31)27-23(20)30)29-14-19-18(25(29)32)2-1-3-22(19)34-15-17-6-4-16(5-7-17)13-28-8-10-33-11-9-28/h1-7,20-21H,8-15,26H2,(H,27,30,31). The topological polar surface area (TPSA) is 88.2 Å². The lowest BCUT2D eigenvalue weighted by Gasteiger charge is -2.32. The lowest BCUT2D eigenvalue weighted by molar-refractivity contribution is -0.136. The summed E-state index contributed by atoms with van der Waals surface area (Å²) in [6, 6.07) is 13.2. The van der Waals surface area contributed by atoms with Gasteiger partial charge < -0.3 is 14.4 Å². The number of nitrogens with one attached hydrogen (secondary N) is 1. The molecule has 2 unspecified atom stereocenters. The van der Waals surface area contributed by atoms with E-state index in [9.17, 15) is 14.4 Å². The van der Waals surface area contributed by atoms with Crippen molar-refractivity contribution < 1.29 is 23.9 Å². The maximum atomic E-state index is 13.1. The number of hydrogen-bond acceptors (Lipinski definition) is 6. The first-order valence-corrected chi connectivity index (χ1v) is 11.8. The van der Waals surface area contributed by atoms with E-state index >= 15 is 0 Å². The zero-order chi connectivity index (χ0) is 23.7. The van der Waals surface area contributed by atoms with Crippen LogP contribution in [0.1, 0.15) is 33.5 Å². The fraction of sp³-hybridized carbons (Fsp3) is 0.400. The molecule has 0 bridgehead atoms. The van der Waals surface area contributed by atoms with E-state index in [1.54, 1.807) is 24.9 Å². The number of piperidine rings is 1. The van der Waals surface area contributed by atoms with Crippen molar-refractivity contribution >= 4 is 25.6 Å². The second-order valence-corrected chi connectivity index (χ2v) is 9.22. The summed E-state index contributed by atoms with van der Waals surface area (Å²) in [7, 11) is 1.77. The van der Waals surface area contributed by atoms with Gasteiger partial charge in [0, 0.05) is 36.6 Å². The van der Waals surface area contributed by atoms with Crippen LogP contribution in [-0.4, -0.2) is 67.7 Å². The molecule has 5 rings (SSSR count). The SMILES string of the molecule is BC1CC(N2Cc3c(OCc4ccc(CN5CCOCC5)cc4)cccc3C2=O)C(=O)NC1=O. The van der Waals surface area contributed by atoms with Crippen molar-refractivity contribution in [2.45, 2.75) is 38.0 Å². The number of carbonyl (C=O) groups is 3. The Morgan fingerprint density at radius 2 is 1.74 bits per heavy atom. The number of nitrogens with zero attached hydrogens (tertiary/aromatic N) is 2. The second kappa shape index (κ2) is 9.60. The van der Waals surface area contributed by atoms with Crippen molar-refractivity contribution in [3.8, 4) is 5.75 Å². The van der Waals surface area contributed by atoms with Crippen molar-refractivity contribution in [1.82, 2.24) is 15.1 Å². The van der Waals surface area contributed by atoms with Gasteiger partial charge in [0.25, 0.3) is 5.91 Å². The molecule has 34 heavy (non-hydrogen) atoms. The smallest absolute Gasteiger partial charge is 0.255 e. The van der Waals surface area contributed by atoms with Crippen molar-refractivity contribution in [3.05, 3.63) is 64.7 Å². The largest absolute Gasteiger partial charge is 0.489 e. The Labute approximate surface area is 199 Å². The normalized spacial score (nSPS) is 23.1. The summed E-state index contributed by atoms with van der Waals surface area (Å²) in [5, 5.41) is 2.38. The fourth-order valence-corrected chi connectivity index (χ4v) is 4.78. The minimum Gasteiger partial charge on any atom is -0.489 e. The van der Waals surface area contributed by atoms with Gasteiger partial charge in [-0.3, -0.25) is 24.6 Å². The van der Waals surface area contributed by atoms with Crippen LogP contribution in [0, 0.1) is 0 Å². The molecule has 3 heterocycles. The predicted molar refractivity (Wildman–Crippen MR) is 127 cm³/mol. The molecule has 2 fully saturated rings. The zero-order valence-electron chi connectivity index (χ0n) is 19.3. The minimum atomic E-state index is -0.653. The summed E-state index contributed by atoms with van der Waals surface area (Å²) in [6.45, 7) is 5.08. The average Bonchev–Trinajstić information content (AvgIpc) is 3.18. The van der Waals surface area contributed by atoms with Crippen LogP contribution in [0.4, 0.5) is 0 Å². The lowest BCUT2D eigenvalue weighted by atomic mass is 9.78. The molecule has 2 aromatic rings. The average molecular weight is 461 g/mol. The summed E-state index contributed by atoms with van der Waals surface area (Å²) in [6.07, 6.45) is 0.331. The number of fused-ring (bicyclic) bond motifs is 1. The lowest BCUT2D eigenvalue weighted by Crippen LogP contribution is -2.54. The molecule has 2 saturated heterocycles. The third-order valence-electron chi connectivity index (χ3n) is 6.83. The maximum Gasteiger partial charge on any atom is 0.255 e. The van der Waals surface area contributed by atoms with Crippen LogP contribution in [0.5, 0.6) is 5.75 Å². The summed E-state index contributed by atoms with van der Waals surface area (Å²) >= 11 is 0. The van der Waals surface area contributed by atoms with Crippen molar-refractivity contribution in [3.63, 3.8) is 0 Å². The first kappa shape index (κ1) is 22.6. The van der Waals surface area contributed by atoms with E-state index in [1.807, 2.05) is 6.07 Å². The van der Waals surface area contributed by atoms with Gasteiger partial charge in [-0.05, 0) is 29.7 Å². The number of morpholine rings is 1. The molecular formula is C25H28BN3O5. The van der Waals surface area contributed by atoms with Gasteiger partial charge in [-0.25, -0.2) is 0 Å². The van der Waals surface area contributed by atoms with Gasteiger partial charge >= 0.3 is 0 Å². The van der Waals surface area contributed by atoms with Crippen molar-refractivity contribution in [1.29, 1.82) is 0 Å². The van der Waals surface area contributed by atoms with Crippen molar-refractivity contribution in [2.24, 2.45) is 0 Å². The van der Waals surface area contributed by atoms with Crippen molar-refractivity contribution in [2.75, 3.05) is 26.3 Å². The van der Waals surface area contributed by atoms with Gasteiger partial charge in [-0.1, -0.05) is 30.3 Å². The molecule has 3 aliphatic heterocycles. The monoisotopic (exact) mass is 461 g/mol. The number of carbonyl (C=O) groups excluding carboxylic acids is 3. The summed E-state index contributed by atoms with van der Waals surface area (Å²) in [5.74, 6) is -0.573. The molecule has 0 spiro atoms. The molecule has 2 aromatic carbocycles. The van der Waals surface area contributed by atoms with Gasteiger partial charge in [0.1, 0.15) is 26.2 Å². The molecule has 0 radical (unpaired) electrons. The van der Waals surface area contributed by atoms with Gasteiger partial charge in [0.2, 0.25) is 11.8 Å². The minimum absolute atomic E-state index is 0.199. The van der Waals surface area contributed by atoms with Gasteiger partial charge in [-0.2, -0.15) is 0 Å². The highest BCUT2D eigenvalue weighted by Crippen LogP contribution is 2.34. The number of imide groups is 1. The Morgan fingerprint density at radius 1 is 1.00 bits per heavy atom. The fourth-order valence-electron chi connectivity index (χ4n) is 4.78. The molecule has 9 heteroatoms. The molecule has 8 nitrogen and oxygen atoms in total. The highest BCUT2D eigenvalue weighted by Gasteiger charge is 2.42. The van der Waals surface area contributed by atoms with Crippen LogP contribution in [0.2, 0.25) is 5.82 Å². The van der Waals surface area contributed by atoms with E-state index < -0.39 is 11.9 Å². The highest BCUT2D eigenvalue weighted by atomic mass is 16.5. The van der Waals surface area contributed by atoms with Gasteiger partial charge in [0.05, 0.1) is 19.8 Å². The predicted octanol–water partition coefficient (Wildman–Crippen LogP) is 0.890. The molecular weight excluding hydrogens is 433 g/mol. The Balaban J connectivity index is 1.24. The number of benzene rings is 2. The Hall–Kier alpha value is -3.17. The summed E-state index contributed by atoms with van der Waals surface area (Å²) < 4.78 is 11.5. The Kier molecular flexibility index (Phi) is 6.39. The third kappa shape index (κ3) is 4.58. The van der Waals surface area contributed by atoms with Crippen LogP contribution in [0.15, 0.2) is 42.5 Å². The van der Waals surface area contributed by atoms with E-state index in [2.05, 4.69) is 34.5 Å². The molecule has 1 N–H and O–H groups in total. The first-order chi connectivity index (χ1) is 16.5. The number of hydrogen-bond donors (Lipinski definition) is 1. The third-order valence-corrected chi connectivity index (χ3v) is 6.83. The number of ether oxygens (including phenoxy) is 2. The van der Waals surface area contributed by atoms with Crippen LogP contribution in [-0.2, 0) is 34.0 Å². The highest BCUT2D eigenvalue weighted by molar-refractivity contribution is 6.27. The zero-order valence-corrected chi connectivity index (χ0v) is 19.3. The van der Waals surface area contributed by atoms with Crippen LogP contribution >= 0.6 is 0 Å². The second-order valence-electron chi connectivity index (χ2n) is 9.22. The molecule has 0 aromatic heterocycles. The Bertz CT molecular complexity index is 1100. The van der Waals surface area contributed by atoms with E-state index in [0.29, 0.717) is 30.9 Å². The molecule has 3 amide bonds. The molecule has 0 aliphatic carbocycles. The van der Waals surface area contributed by atoms with E-state index in [-0.39, 0.29) is 17.6 Å². The van der Waals surface area contributed by atoms with E-state index in [0.717, 1.165) is 44.0 Å². The van der Waals surface area contributed by atoms with E-state index in [1.165, 1.54) is 5.56 Å².